The molecule has 0 saturated heterocycles. The van der Waals surface area contributed by atoms with Crippen molar-refractivity contribution in [2.24, 2.45) is 0 Å². The van der Waals surface area contributed by atoms with E-state index in [9.17, 15) is 18.0 Å². The number of fused-ring (bicyclic) bond motifs is 1. The second-order valence-corrected chi connectivity index (χ2v) is 4.10. The van der Waals surface area contributed by atoms with Crippen LogP contribution in [0.25, 0.3) is 10.9 Å². The van der Waals surface area contributed by atoms with Gasteiger partial charge in [0.1, 0.15) is 0 Å². The van der Waals surface area contributed by atoms with Crippen LogP contribution in [0.3, 0.4) is 0 Å². The fraction of sp³-hybridized carbons (Fsp3) is 0.100. The van der Waals surface area contributed by atoms with Crippen LogP contribution >= 0.6 is 23.2 Å². The minimum atomic E-state index is -4.94. The molecule has 0 bridgehead atoms. The van der Waals surface area contributed by atoms with Gasteiger partial charge in [-0.05, 0) is 12.1 Å². The molecule has 1 heterocycles. The lowest BCUT2D eigenvalue weighted by Gasteiger charge is -2.05. The summed E-state index contributed by atoms with van der Waals surface area (Å²) in [6, 6.07) is 2.89. The minimum absolute atomic E-state index is 0.0125. The largest absolute Gasteiger partial charge is 0.454 e. The molecule has 0 radical (unpaired) electrons. The third-order valence-electron chi connectivity index (χ3n) is 2.24. The van der Waals surface area contributed by atoms with Gasteiger partial charge in [0.2, 0.25) is 0 Å². The molecule has 0 atom stereocenters. The van der Waals surface area contributed by atoms with E-state index in [0.29, 0.717) is 5.52 Å². The molecule has 0 aliphatic carbocycles. The number of carbonyl (C=O) groups excluding carboxylic acids is 1. The van der Waals surface area contributed by atoms with Crippen molar-refractivity contribution in [2.75, 3.05) is 0 Å². The maximum Gasteiger partial charge on any atom is 0.454 e. The van der Waals surface area contributed by atoms with Crippen molar-refractivity contribution in [2.45, 2.75) is 6.18 Å². The number of ketones is 1. The summed E-state index contributed by atoms with van der Waals surface area (Å²) in [5.41, 5.74) is -0.202. The van der Waals surface area contributed by atoms with Crippen LogP contribution in [-0.4, -0.2) is 16.9 Å². The molecule has 0 unspecified atom stereocenters. The summed E-state index contributed by atoms with van der Waals surface area (Å²) in [6.07, 6.45) is -3.97. The molecule has 0 fully saturated rings. The predicted molar refractivity (Wildman–Crippen MR) is 58.7 cm³/mol. The molecule has 2 rings (SSSR count). The van der Waals surface area contributed by atoms with E-state index in [1.54, 1.807) is 0 Å². The highest BCUT2D eigenvalue weighted by Gasteiger charge is 2.40. The van der Waals surface area contributed by atoms with Crippen molar-refractivity contribution in [3.8, 4) is 0 Å². The quantitative estimate of drug-likeness (QED) is 0.780. The Balaban J connectivity index is 2.72. The first-order valence-electron chi connectivity index (χ1n) is 4.39. The zero-order chi connectivity index (χ0) is 12.8. The lowest BCUT2D eigenvalue weighted by atomic mass is 10.1. The van der Waals surface area contributed by atoms with Crippen LogP contribution in [0.5, 0.6) is 0 Å². The lowest BCUT2D eigenvalue weighted by Crippen LogP contribution is -2.22. The van der Waals surface area contributed by atoms with Gasteiger partial charge in [0.15, 0.2) is 0 Å². The molecular formula is C10H4Cl2F3NO. The molecule has 0 aliphatic heterocycles. The van der Waals surface area contributed by atoms with Crippen LogP contribution in [0, 0.1) is 0 Å². The number of Topliss-reactive ketones (excluding diaryl/α,β-unsaturated/α-hetero) is 1. The Hall–Kier alpha value is -1.20. The maximum atomic E-state index is 12.3. The number of hydrogen-bond acceptors (Lipinski definition) is 1. The number of alkyl halides is 3. The normalized spacial score (nSPS) is 12.1. The molecule has 1 aromatic heterocycles. The van der Waals surface area contributed by atoms with Gasteiger partial charge in [0.05, 0.1) is 15.6 Å². The van der Waals surface area contributed by atoms with Crippen molar-refractivity contribution < 1.29 is 18.0 Å². The molecule has 2 aromatic rings. The highest BCUT2D eigenvalue weighted by molar-refractivity contribution is 6.46. The fourth-order valence-electron chi connectivity index (χ4n) is 1.49. The van der Waals surface area contributed by atoms with Gasteiger partial charge in [0.25, 0.3) is 5.78 Å². The van der Waals surface area contributed by atoms with Gasteiger partial charge in [-0.2, -0.15) is 13.2 Å². The van der Waals surface area contributed by atoms with Gasteiger partial charge < -0.3 is 4.98 Å². The van der Waals surface area contributed by atoms with E-state index in [4.69, 9.17) is 23.2 Å². The summed E-state index contributed by atoms with van der Waals surface area (Å²) >= 11 is 11.5. The smallest absolute Gasteiger partial charge is 0.360 e. The van der Waals surface area contributed by atoms with Crippen molar-refractivity contribution >= 4 is 39.9 Å². The lowest BCUT2D eigenvalue weighted by molar-refractivity contribution is -0.0884. The average Bonchev–Trinajstić information content (AvgIpc) is 2.65. The van der Waals surface area contributed by atoms with E-state index in [1.807, 2.05) is 0 Å². The van der Waals surface area contributed by atoms with E-state index in [0.717, 1.165) is 6.20 Å². The third-order valence-corrected chi connectivity index (χ3v) is 3.04. The monoisotopic (exact) mass is 281 g/mol. The van der Waals surface area contributed by atoms with Crippen molar-refractivity contribution in [3.05, 3.63) is 33.9 Å². The number of halogens is 5. The first-order valence-corrected chi connectivity index (χ1v) is 5.14. The number of carbonyl (C=O) groups is 1. The summed E-state index contributed by atoms with van der Waals surface area (Å²) in [5.74, 6) is -1.95. The number of H-pyrrole nitrogens is 1. The molecule has 0 amide bonds. The zero-order valence-corrected chi connectivity index (χ0v) is 9.54. The molecule has 0 spiro atoms. The summed E-state index contributed by atoms with van der Waals surface area (Å²) in [7, 11) is 0. The molecule has 7 heteroatoms. The molecule has 1 aromatic carbocycles. The average molecular weight is 282 g/mol. The first-order chi connectivity index (χ1) is 7.82. The topological polar surface area (TPSA) is 32.9 Å². The SMILES string of the molecule is O=C(c1c[nH]c2ccc(Cl)c(Cl)c12)C(F)(F)F. The number of nitrogens with one attached hydrogen (secondary N) is 1. The van der Waals surface area contributed by atoms with Crippen LogP contribution in [0.2, 0.25) is 10.0 Å². The Morgan fingerprint density at radius 3 is 2.47 bits per heavy atom. The maximum absolute atomic E-state index is 12.3. The number of hydrogen-bond donors (Lipinski definition) is 1. The number of aromatic amines is 1. The van der Waals surface area contributed by atoms with Crippen molar-refractivity contribution in [1.82, 2.24) is 4.98 Å². The standard InChI is InChI=1S/C10H4Cl2F3NO/c11-5-1-2-6-7(8(5)12)4(3-16-6)9(17)10(13,14)15/h1-3,16H. The minimum Gasteiger partial charge on any atom is -0.360 e. The summed E-state index contributed by atoms with van der Waals surface area (Å²) in [4.78, 5) is 13.7. The van der Waals surface area contributed by atoms with Crippen LogP contribution in [0.1, 0.15) is 10.4 Å². The van der Waals surface area contributed by atoms with Crippen LogP contribution < -0.4 is 0 Å². The molecule has 2 nitrogen and oxygen atoms in total. The number of benzene rings is 1. The van der Waals surface area contributed by atoms with Crippen LogP contribution in [0.4, 0.5) is 13.2 Å². The number of rotatable bonds is 1. The highest BCUT2D eigenvalue weighted by Crippen LogP contribution is 2.35. The van der Waals surface area contributed by atoms with E-state index in [-0.39, 0.29) is 15.4 Å². The zero-order valence-electron chi connectivity index (χ0n) is 8.03. The third kappa shape index (κ3) is 2.00. The Morgan fingerprint density at radius 2 is 1.88 bits per heavy atom. The van der Waals surface area contributed by atoms with Gasteiger partial charge >= 0.3 is 6.18 Å². The molecule has 0 aliphatic rings. The predicted octanol–water partition coefficient (Wildman–Crippen LogP) is 4.22. The van der Waals surface area contributed by atoms with Gasteiger partial charge in [-0.15, -0.1) is 0 Å². The van der Waals surface area contributed by atoms with Gasteiger partial charge in [-0.25, -0.2) is 0 Å². The Labute approximate surface area is 103 Å². The molecule has 1 N–H and O–H groups in total. The number of aromatic nitrogens is 1. The summed E-state index contributed by atoms with van der Waals surface area (Å²) in [6.45, 7) is 0. The van der Waals surface area contributed by atoms with Gasteiger partial charge in [0, 0.05) is 17.1 Å². The Bertz CT molecular complexity index is 603. The van der Waals surface area contributed by atoms with Gasteiger partial charge in [-0.1, -0.05) is 23.2 Å². The Morgan fingerprint density at radius 1 is 1.24 bits per heavy atom. The van der Waals surface area contributed by atoms with Crippen LogP contribution in [0.15, 0.2) is 18.3 Å². The van der Waals surface area contributed by atoms with E-state index in [2.05, 4.69) is 4.98 Å². The highest BCUT2D eigenvalue weighted by atomic mass is 35.5. The summed E-state index contributed by atoms with van der Waals surface area (Å²) < 4.78 is 37.0. The molecule has 90 valence electrons. The van der Waals surface area contributed by atoms with E-state index < -0.39 is 17.5 Å². The second-order valence-electron chi connectivity index (χ2n) is 3.31. The fourth-order valence-corrected chi connectivity index (χ4v) is 1.91. The first kappa shape index (κ1) is 12.3. The van der Waals surface area contributed by atoms with E-state index in [1.165, 1.54) is 12.1 Å². The molecule has 17 heavy (non-hydrogen) atoms. The Kier molecular flexibility index (Phi) is 2.83. The van der Waals surface area contributed by atoms with E-state index >= 15 is 0 Å². The second kappa shape index (κ2) is 3.92. The summed E-state index contributed by atoms with van der Waals surface area (Å²) in [5, 5.41) is 0.00880. The molecule has 0 saturated carbocycles. The molecular weight excluding hydrogens is 278 g/mol. The van der Waals surface area contributed by atoms with Gasteiger partial charge in [-0.3, -0.25) is 4.79 Å². The van der Waals surface area contributed by atoms with Crippen molar-refractivity contribution in [1.29, 1.82) is 0 Å². The van der Waals surface area contributed by atoms with Crippen LogP contribution in [-0.2, 0) is 0 Å². The van der Waals surface area contributed by atoms with Crippen molar-refractivity contribution in [3.63, 3.8) is 0 Å².